The minimum absolute atomic E-state index is 0.0180. The Bertz CT molecular complexity index is 2390. The third-order valence-electron chi connectivity index (χ3n) is 13.2. The van der Waals surface area contributed by atoms with E-state index in [9.17, 15) is 10.1 Å². The van der Waals surface area contributed by atoms with E-state index in [4.69, 9.17) is 9.47 Å². The van der Waals surface area contributed by atoms with Gasteiger partial charge < -0.3 is 14.8 Å². The molecule has 2 fully saturated rings. The zero-order chi connectivity index (χ0) is 40.6. The van der Waals surface area contributed by atoms with Gasteiger partial charge in [0.05, 0.1) is 22.4 Å². The van der Waals surface area contributed by atoms with Crippen LogP contribution in [0.15, 0.2) is 167 Å². The van der Waals surface area contributed by atoms with E-state index in [0.29, 0.717) is 24.6 Å². The second-order valence-corrected chi connectivity index (χ2v) is 16.5. The molecule has 2 atom stereocenters. The van der Waals surface area contributed by atoms with E-state index in [-0.39, 0.29) is 21.6 Å². The number of fused-ring (bicyclic) bond motifs is 2. The standard InChI is InChI=1S/C50H49N6O4/c57-55(58)49(32-31-45-47(33-49)52-36-51-45)54(41-17-7-8-18-41)56(42-19-9-10-20-42)48-22-12-11-21-46(48)53-50(56,39-23-27-43(28-24-39)59-34-37-13-3-1-4-14-37)40-25-29-44(30-26-40)60-35-38-15-5-2-6-16-38/h1-6,11-16,21-33,36,41-42,53H,7-10,17-20,34-35H2/q+1. The van der Waals surface area contributed by atoms with Crippen LogP contribution in [0.1, 0.15) is 73.6 Å². The van der Waals surface area contributed by atoms with E-state index in [1.165, 1.54) is 6.34 Å². The van der Waals surface area contributed by atoms with Crippen molar-refractivity contribution >= 4 is 23.4 Å². The molecule has 0 bridgehead atoms. The maximum absolute atomic E-state index is 14.4. The van der Waals surface area contributed by atoms with Gasteiger partial charge in [0.15, 0.2) is 5.69 Å². The maximum Gasteiger partial charge on any atom is 0.358 e. The number of aliphatic imine (C=N–C) groups is 2. The first kappa shape index (κ1) is 37.9. The van der Waals surface area contributed by atoms with Gasteiger partial charge in [-0.05, 0) is 97.5 Å². The number of hydrogen-bond acceptors (Lipinski definition) is 8. The third kappa shape index (κ3) is 6.24. The highest BCUT2D eigenvalue weighted by Crippen LogP contribution is 2.62. The van der Waals surface area contributed by atoms with Crippen LogP contribution in [0.5, 0.6) is 11.5 Å². The topological polar surface area (TPSA) is 102 Å². The van der Waals surface area contributed by atoms with Crippen LogP contribution in [0.4, 0.5) is 11.4 Å². The van der Waals surface area contributed by atoms with Crippen molar-refractivity contribution < 1.29 is 14.4 Å². The van der Waals surface area contributed by atoms with Crippen molar-refractivity contribution in [2.75, 3.05) is 5.32 Å². The van der Waals surface area contributed by atoms with E-state index in [1.807, 2.05) is 66.7 Å². The average molecular weight is 798 g/mol. The second kappa shape index (κ2) is 15.7. The number of ether oxygens (including phenoxy) is 2. The number of anilines is 1. The molecule has 10 nitrogen and oxygen atoms in total. The summed E-state index contributed by atoms with van der Waals surface area (Å²) in [6.45, 7) is 0.883. The molecule has 2 heterocycles. The maximum atomic E-state index is 14.4. The number of quaternary nitrogens is 1. The van der Waals surface area contributed by atoms with Gasteiger partial charge in [0.2, 0.25) is 5.66 Å². The van der Waals surface area contributed by atoms with Crippen molar-refractivity contribution in [2.24, 2.45) is 9.98 Å². The summed E-state index contributed by atoms with van der Waals surface area (Å²) in [5, 5.41) is 20.8. The van der Waals surface area contributed by atoms with Gasteiger partial charge in [0.25, 0.3) is 0 Å². The molecule has 3 aliphatic carbocycles. The normalized spacial score (nSPS) is 22.9. The monoisotopic (exact) mass is 797 g/mol. The molecule has 1 N–H and O–H groups in total. The lowest BCUT2D eigenvalue weighted by molar-refractivity contribution is -0.588. The van der Waals surface area contributed by atoms with Crippen molar-refractivity contribution in [1.29, 1.82) is 0 Å². The Balaban J connectivity index is 1.21. The summed E-state index contributed by atoms with van der Waals surface area (Å²) >= 11 is 0. The van der Waals surface area contributed by atoms with Gasteiger partial charge in [0.1, 0.15) is 42.8 Å². The Morgan fingerprint density at radius 3 is 1.85 bits per heavy atom. The Morgan fingerprint density at radius 1 is 0.717 bits per heavy atom. The Labute approximate surface area is 350 Å². The number of allylic oxidation sites excluding steroid dienone is 1. The molecule has 2 saturated carbocycles. The Hall–Kier alpha value is -6.36. The lowest BCUT2D eigenvalue weighted by Gasteiger charge is -2.58. The molecule has 5 aromatic rings. The number of rotatable bonds is 13. The van der Waals surface area contributed by atoms with E-state index >= 15 is 0 Å². The molecule has 0 saturated heterocycles. The minimum atomic E-state index is -1.75. The molecule has 0 amide bonds. The highest BCUT2D eigenvalue weighted by molar-refractivity contribution is 6.15. The molecule has 10 heteroatoms. The first-order valence-corrected chi connectivity index (χ1v) is 21.3. The highest BCUT2D eigenvalue weighted by atomic mass is 16.6. The molecule has 2 unspecified atom stereocenters. The number of nitro groups is 1. The predicted octanol–water partition coefficient (Wildman–Crippen LogP) is 10.5. The van der Waals surface area contributed by atoms with E-state index < -0.39 is 11.3 Å². The number of nitrogens with zero attached hydrogens (tertiary/aromatic N) is 5. The zero-order valence-corrected chi connectivity index (χ0v) is 33.6. The van der Waals surface area contributed by atoms with Gasteiger partial charge in [-0.1, -0.05) is 90.6 Å². The van der Waals surface area contributed by atoms with Crippen LogP contribution in [-0.2, 0) is 18.9 Å². The summed E-state index contributed by atoms with van der Waals surface area (Å²) in [7, 11) is 0. The summed E-state index contributed by atoms with van der Waals surface area (Å²) in [5.41, 5.74) is 4.46. The Morgan fingerprint density at radius 2 is 1.27 bits per heavy atom. The van der Waals surface area contributed by atoms with Crippen molar-refractivity contribution in [3.05, 3.63) is 190 Å². The van der Waals surface area contributed by atoms with Gasteiger partial charge in [-0.3, -0.25) is 10.1 Å². The summed E-state index contributed by atoms with van der Waals surface area (Å²) < 4.78 is 12.9. The summed E-state index contributed by atoms with van der Waals surface area (Å²) in [5.74, 6) is 1.49. The van der Waals surface area contributed by atoms with Crippen LogP contribution in [-0.4, -0.2) is 39.7 Å². The molecule has 5 aliphatic rings. The quantitative estimate of drug-likeness (QED) is 0.0551. The molecule has 60 heavy (non-hydrogen) atoms. The van der Waals surface area contributed by atoms with Gasteiger partial charge in [-0.2, -0.15) is 4.59 Å². The van der Waals surface area contributed by atoms with E-state index in [2.05, 4.69) is 93.1 Å². The second-order valence-electron chi connectivity index (χ2n) is 16.5. The van der Waals surface area contributed by atoms with E-state index in [1.54, 1.807) is 12.2 Å². The molecule has 0 radical (unpaired) electrons. The third-order valence-corrected chi connectivity index (χ3v) is 13.2. The average Bonchev–Trinajstić information content (AvgIpc) is 4.15. The van der Waals surface area contributed by atoms with Crippen molar-refractivity contribution in [2.45, 2.75) is 88.0 Å². The largest absolute Gasteiger partial charge is 0.489 e. The van der Waals surface area contributed by atoms with Gasteiger partial charge in [-0.25, -0.2) is 9.98 Å². The SMILES string of the molecule is O=[N+]([O-])C1(N(C2CCCC2)[N+]2(C3CCCC3)c3ccccc3NC2(c2ccc(OCc3ccccc3)cc2)c2ccc(OCc3ccccc3)cc2)C=CC2=NC=NC2=C1. The lowest BCUT2D eigenvalue weighted by atomic mass is 9.85. The van der Waals surface area contributed by atoms with Crippen molar-refractivity contribution in [3.8, 4) is 11.5 Å². The molecule has 0 aromatic heterocycles. The molecular formula is C50H49N6O4+. The van der Waals surface area contributed by atoms with Crippen molar-refractivity contribution in [3.63, 3.8) is 0 Å². The molecule has 2 aliphatic heterocycles. The molecule has 10 rings (SSSR count). The fourth-order valence-corrected chi connectivity index (χ4v) is 10.6. The van der Waals surface area contributed by atoms with Crippen LogP contribution in [0.2, 0.25) is 0 Å². The van der Waals surface area contributed by atoms with Crippen molar-refractivity contribution in [1.82, 2.24) is 9.60 Å². The first-order valence-electron chi connectivity index (χ1n) is 21.3. The zero-order valence-electron chi connectivity index (χ0n) is 33.6. The van der Waals surface area contributed by atoms with Crippen LogP contribution < -0.4 is 19.4 Å². The molecular weight excluding hydrogens is 749 g/mol. The number of para-hydroxylation sites is 2. The van der Waals surface area contributed by atoms with Gasteiger partial charge >= 0.3 is 5.66 Å². The summed E-state index contributed by atoms with van der Waals surface area (Å²) in [4.78, 5) is 23.3. The fourth-order valence-electron chi connectivity index (χ4n) is 10.6. The molecule has 5 aromatic carbocycles. The van der Waals surface area contributed by atoms with Crippen LogP contribution in [0, 0.1) is 10.1 Å². The lowest BCUT2D eigenvalue weighted by Crippen LogP contribution is -2.82. The predicted molar refractivity (Wildman–Crippen MR) is 236 cm³/mol. The number of benzene rings is 5. The summed E-state index contributed by atoms with van der Waals surface area (Å²) in [6, 6.07) is 45.5. The Kier molecular flexibility index (Phi) is 9.89. The fraction of sp³-hybridized carbons (Fsp3) is 0.280. The number of hydrogen-bond donors (Lipinski definition) is 1. The minimum Gasteiger partial charge on any atom is -0.489 e. The summed E-state index contributed by atoms with van der Waals surface area (Å²) in [6.07, 6.45) is 14.4. The van der Waals surface area contributed by atoms with E-state index in [0.717, 1.165) is 96.5 Å². The molecule has 302 valence electrons. The van der Waals surface area contributed by atoms with Gasteiger partial charge in [-0.15, -0.1) is 0 Å². The first-order chi connectivity index (χ1) is 29.5. The van der Waals surface area contributed by atoms with Crippen LogP contribution >= 0.6 is 0 Å². The van der Waals surface area contributed by atoms with Crippen LogP contribution in [0.25, 0.3) is 0 Å². The van der Waals surface area contributed by atoms with Crippen LogP contribution in [0.3, 0.4) is 0 Å². The van der Waals surface area contributed by atoms with Gasteiger partial charge in [0, 0.05) is 42.2 Å². The highest BCUT2D eigenvalue weighted by Gasteiger charge is 2.74. The molecule has 0 spiro atoms. The number of nitrogens with one attached hydrogen (secondary N) is 1. The smallest absolute Gasteiger partial charge is 0.358 e.